The predicted molar refractivity (Wildman–Crippen MR) is 43.0 cm³/mol. The van der Waals surface area contributed by atoms with Crippen LogP contribution in [-0.4, -0.2) is 22.0 Å². The van der Waals surface area contributed by atoms with E-state index in [0.29, 0.717) is 17.1 Å². The van der Waals surface area contributed by atoms with E-state index in [1.807, 2.05) is 0 Å². The van der Waals surface area contributed by atoms with Crippen LogP contribution in [0.4, 0.5) is 0 Å². The predicted octanol–water partition coefficient (Wildman–Crippen LogP) is 0.665. The van der Waals surface area contributed by atoms with Gasteiger partial charge in [0.05, 0.1) is 0 Å². The largest absolute Gasteiger partial charge is 0.331 e. The molecule has 1 heterocycles. The Morgan fingerprint density at radius 2 is 2.15 bits per heavy atom. The Morgan fingerprint density at radius 1 is 1.46 bits per heavy atom. The molecule has 0 aliphatic carbocycles. The second-order valence-corrected chi connectivity index (χ2v) is 2.46. The van der Waals surface area contributed by atoms with Gasteiger partial charge in [0.15, 0.2) is 5.69 Å². The highest BCUT2D eigenvalue weighted by atomic mass is 16.7. The minimum Gasteiger partial charge on any atom is -0.318 e. The first kappa shape index (κ1) is 9.37. The zero-order valence-corrected chi connectivity index (χ0v) is 7.57. The zero-order chi connectivity index (χ0) is 9.84. The fraction of sp³-hybridized carbons (Fsp3) is 0.429. The van der Waals surface area contributed by atoms with E-state index < -0.39 is 5.97 Å². The van der Waals surface area contributed by atoms with E-state index in [1.165, 1.54) is 6.92 Å². The van der Waals surface area contributed by atoms with Crippen molar-refractivity contribution in [2.24, 2.45) is 5.16 Å². The number of carbonyl (C=O) groups excluding carboxylic acids is 1. The molecule has 0 aliphatic rings. The lowest BCUT2D eigenvalue weighted by Crippen LogP contribution is -2.01. The molecule has 0 saturated carbocycles. The normalized spacial score (nSPS) is 11.5. The summed E-state index contributed by atoms with van der Waals surface area (Å²) in [6.07, 6.45) is 0. The first-order chi connectivity index (χ1) is 6.11. The molecule has 1 aromatic rings. The van der Waals surface area contributed by atoms with Crippen molar-refractivity contribution in [1.82, 2.24) is 10.3 Å². The van der Waals surface area contributed by atoms with Gasteiger partial charge in [-0.05, 0) is 19.0 Å². The van der Waals surface area contributed by atoms with Gasteiger partial charge in [-0.3, -0.25) is 0 Å². The molecule has 1 rings (SSSR count). The van der Waals surface area contributed by atoms with Gasteiger partial charge in [-0.15, -0.1) is 0 Å². The van der Waals surface area contributed by atoms with Crippen LogP contribution >= 0.6 is 0 Å². The number of aryl methyl sites for hydroxylation is 1. The maximum atomic E-state index is 10.4. The molecule has 0 bridgehead atoms. The average Bonchev–Trinajstić information content (AvgIpc) is 2.47. The Labute approximate surface area is 74.5 Å². The van der Waals surface area contributed by atoms with Crippen molar-refractivity contribution in [3.8, 4) is 0 Å². The average molecular weight is 183 g/mol. The topological polar surface area (TPSA) is 77.6 Å². The molecule has 0 N–H and O–H groups in total. The molecule has 6 heteroatoms. The van der Waals surface area contributed by atoms with E-state index in [-0.39, 0.29) is 0 Å². The number of hydrogen-bond acceptors (Lipinski definition) is 6. The minimum absolute atomic E-state index is 0.453. The molecule has 70 valence electrons. The smallest absolute Gasteiger partial charge is 0.318 e. The van der Waals surface area contributed by atoms with E-state index in [4.69, 9.17) is 0 Å². The molecule has 0 unspecified atom stereocenters. The summed E-state index contributed by atoms with van der Waals surface area (Å²) in [5, 5.41) is 10.7. The lowest BCUT2D eigenvalue weighted by molar-refractivity contribution is -0.140. The highest BCUT2D eigenvalue weighted by Gasteiger charge is 2.08. The number of oxime groups is 1. The van der Waals surface area contributed by atoms with Crippen molar-refractivity contribution in [1.29, 1.82) is 0 Å². The van der Waals surface area contributed by atoms with E-state index in [9.17, 15) is 4.79 Å². The Hall–Kier alpha value is -1.72. The lowest BCUT2D eigenvalue weighted by atomic mass is 10.2. The third kappa shape index (κ3) is 2.36. The van der Waals surface area contributed by atoms with Gasteiger partial charge in [-0.25, -0.2) is 9.42 Å². The van der Waals surface area contributed by atoms with Crippen LogP contribution in [0.15, 0.2) is 9.78 Å². The molecule has 0 aromatic carbocycles. The summed E-state index contributed by atoms with van der Waals surface area (Å²) in [5.74, 6) is -0.478. The molecule has 0 spiro atoms. The number of hydrogen-bond donors (Lipinski definition) is 0. The van der Waals surface area contributed by atoms with E-state index in [1.54, 1.807) is 13.8 Å². The molecule has 0 amide bonds. The van der Waals surface area contributed by atoms with Crippen molar-refractivity contribution in [3.05, 3.63) is 11.4 Å². The standard InChI is InChI=1S/C7H9N3O3/c1-4(8-12-6(3)11)7-5(2)9-13-10-7/h1-3H3/b8-4-. The van der Waals surface area contributed by atoms with Crippen molar-refractivity contribution in [2.45, 2.75) is 20.8 Å². The molecule has 0 saturated heterocycles. The van der Waals surface area contributed by atoms with Crippen molar-refractivity contribution < 1.29 is 14.3 Å². The molecule has 1 aromatic heterocycles. The van der Waals surface area contributed by atoms with E-state index in [2.05, 4.69) is 24.9 Å². The Kier molecular flexibility index (Phi) is 2.73. The molecular weight excluding hydrogens is 174 g/mol. The summed E-state index contributed by atoms with van der Waals surface area (Å²) in [4.78, 5) is 14.8. The monoisotopic (exact) mass is 183 g/mol. The Bertz CT molecular complexity index is 343. The molecule has 0 radical (unpaired) electrons. The Morgan fingerprint density at radius 3 is 2.62 bits per heavy atom. The van der Waals surface area contributed by atoms with Crippen molar-refractivity contribution in [3.63, 3.8) is 0 Å². The summed E-state index contributed by atoms with van der Waals surface area (Å²) in [5.41, 5.74) is 1.55. The van der Waals surface area contributed by atoms with Gasteiger partial charge in [0, 0.05) is 6.92 Å². The second kappa shape index (κ2) is 3.79. The number of carbonyl (C=O) groups is 1. The molecule has 13 heavy (non-hydrogen) atoms. The van der Waals surface area contributed by atoms with Gasteiger partial charge < -0.3 is 4.84 Å². The Balaban J connectivity index is 2.78. The fourth-order valence-corrected chi connectivity index (χ4v) is 0.736. The molecule has 0 aliphatic heterocycles. The quantitative estimate of drug-likeness (QED) is 0.382. The van der Waals surface area contributed by atoms with Crippen LogP contribution < -0.4 is 0 Å². The zero-order valence-electron chi connectivity index (χ0n) is 7.57. The summed E-state index contributed by atoms with van der Waals surface area (Å²) in [7, 11) is 0. The van der Waals surface area contributed by atoms with Gasteiger partial charge in [0.25, 0.3) is 0 Å². The second-order valence-electron chi connectivity index (χ2n) is 2.46. The lowest BCUT2D eigenvalue weighted by Gasteiger charge is -1.93. The first-order valence-corrected chi connectivity index (χ1v) is 3.63. The van der Waals surface area contributed by atoms with Crippen LogP contribution in [0.1, 0.15) is 25.2 Å². The number of aromatic nitrogens is 2. The molecule has 6 nitrogen and oxygen atoms in total. The molecule has 0 atom stereocenters. The molecule has 0 fully saturated rings. The number of rotatable bonds is 2. The maximum absolute atomic E-state index is 10.4. The van der Waals surface area contributed by atoms with Crippen LogP contribution in [0.25, 0.3) is 0 Å². The number of nitrogens with zero attached hydrogens (tertiary/aromatic N) is 3. The van der Waals surface area contributed by atoms with Gasteiger partial charge in [0.1, 0.15) is 11.4 Å². The van der Waals surface area contributed by atoms with Crippen molar-refractivity contribution in [2.75, 3.05) is 0 Å². The third-order valence-electron chi connectivity index (χ3n) is 1.31. The van der Waals surface area contributed by atoms with Crippen LogP contribution in [0.3, 0.4) is 0 Å². The summed E-state index contributed by atoms with van der Waals surface area (Å²) < 4.78 is 4.45. The maximum Gasteiger partial charge on any atom is 0.331 e. The van der Waals surface area contributed by atoms with Crippen LogP contribution in [0, 0.1) is 6.92 Å². The van der Waals surface area contributed by atoms with Crippen LogP contribution in [-0.2, 0) is 9.63 Å². The minimum atomic E-state index is -0.478. The molecular formula is C7H9N3O3. The highest BCUT2D eigenvalue weighted by Crippen LogP contribution is 2.02. The van der Waals surface area contributed by atoms with E-state index in [0.717, 1.165) is 0 Å². The van der Waals surface area contributed by atoms with Gasteiger partial charge in [-0.2, -0.15) is 0 Å². The van der Waals surface area contributed by atoms with Gasteiger partial charge >= 0.3 is 5.97 Å². The third-order valence-corrected chi connectivity index (χ3v) is 1.31. The van der Waals surface area contributed by atoms with Gasteiger partial charge in [0.2, 0.25) is 0 Å². The SMILES string of the molecule is CC(=O)O/N=C(/C)c1nonc1C. The van der Waals surface area contributed by atoms with E-state index >= 15 is 0 Å². The van der Waals surface area contributed by atoms with Crippen molar-refractivity contribution >= 4 is 11.7 Å². The van der Waals surface area contributed by atoms with Gasteiger partial charge in [-0.1, -0.05) is 10.3 Å². The first-order valence-electron chi connectivity index (χ1n) is 3.63. The van der Waals surface area contributed by atoms with Crippen LogP contribution in [0.5, 0.6) is 0 Å². The fourth-order valence-electron chi connectivity index (χ4n) is 0.736. The summed E-state index contributed by atoms with van der Waals surface area (Å²) in [6, 6.07) is 0. The highest BCUT2D eigenvalue weighted by molar-refractivity contribution is 5.97. The summed E-state index contributed by atoms with van der Waals surface area (Å²) in [6.45, 7) is 4.64. The summed E-state index contributed by atoms with van der Waals surface area (Å²) >= 11 is 0. The van der Waals surface area contributed by atoms with Crippen LogP contribution in [0.2, 0.25) is 0 Å².